The molecule has 0 aliphatic heterocycles. The fourth-order valence-electron chi connectivity index (χ4n) is 1.79. The lowest BCUT2D eigenvalue weighted by Gasteiger charge is -2.09. The maximum absolute atomic E-state index is 12.2. The predicted molar refractivity (Wildman–Crippen MR) is 82.1 cm³/mol. The van der Waals surface area contributed by atoms with Crippen LogP contribution in [0.2, 0.25) is 0 Å². The topological polar surface area (TPSA) is 90.7 Å². The monoisotopic (exact) mass is 300 g/mol. The van der Waals surface area contributed by atoms with Gasteiger partial charge in [-0.05, 0) is 30.3 Å². The molecular weight excluding hydrogens is 284 g/mol. The Balaban J connectivity index is 2.07. The van der Waals surface area contributed by atoms with Gasteiger partial charge in [0.15, 0.2) is 6.61 Å². The zero-order valence-corrected chi connectivity index (χ0v) is 12.0. The number of rotatable bonds is 6. The highest BCUT2D eigenvalue weighted by Crippen LogP contribution is 2.19. The van der Waals surface area contributed by atoms with E-state index in [0.717, 1.165) is 0 Å². The van der Waals surface area contributed by atoms with Crippen molar-refractivity contribution >= 4 is 17.5 Å². The summed E-state index contributed by atoms with van der Waals surface area (Å²) in [5, 5.41) is 2.75. The number of amides is 2. The molecule has 0 unspecified atom stereocenters. The van der Waals surface area contributed by atoms with Gasteiger partial charge in [-0.1, -0.05) is 12.1 Å². The van der Waals surface area contributed by atoms with Crippen molar-refractivity contribution in [3.8, 4) is 11.5 Å². The summed E-state index contributed by atoms with van der Waals surface area (Å²) in [4.78, 5) is 22.9. The van der Waals surface area contributed by atoms with Crippen LogP contribution in [0.1, 0.15) is 10.4 Å². The van der Waals surface area contributed by atoms with Crippen LogP contribution in [0.3, 0.4) is 0 Å². The van der Waals surface area contributed by atoms with Crippen molar-refractivity contribution < 1.29 is 19.1 Å². The Morgan fingerprint density at radius 3 is 2.55 bits per heavy atom. The van der Waals surface area contributed by atoms with Gasteiger partial charge in [-0.2, -0.15) is 0 Å². The van der Waals surface area contributed by atoms with Gasteiger partial charge < -0.3 is 20.5 Å². The van der Waals surface area contributed by atoms with Gasteiger partial charge >= 0.3 is 0 Å². The average molecular weight is 300 g/mol. The number of methoxy groups -OCH3 is 1. The molecule has 2 amide bonds. The minimum absolute atomic E-state index is 0.215. The molecule has 6 nitrogen and oxygen atoms in total. The van der Waals surface area contributed by atoms with E-state index >= 15 is 0 Å². The summed E-state index contributed by atoms with van der Waals surface area (Å²) in [6.07, 6.45) is 0. The number of benzene rings is 2. The fourth-order valence-corrected chi connectivity index (χ4v) is 1.79. The van der Waals surface area contributed by atoms with Crippen LogP contribution in [0.15, 0.2) is 48.5 Å². The van der Waals surface area contributed by atoms with Crippen LogP contribution in [-0.4, -0.2) is 25.5 Å². The minimum Gasteiger partial charge on any atom is -0.497 e. The molecule has 0 atom stereocenters. The molecule has 0 aliphatic carbocycles. The number of nitrogens with one attached hydrogen (secondary N) is 1. The molecule has 2 rings (SSSR count). The van der Waals surface area contributed by atoms with Crippen molar-refractivity contribution in [2.75, 3.05) is 19.0 Å². The van der Waals surface area contributed by atoms with Crippen molar-refractivity contribution in [1.29, 1.82) is 0 Å². The first-order valence-electron chi connectivity index (χ1n) is 6.55. The van der Waals surface area contributed by atoms with E-state index in [-0.39, 0.29) is 12.5 Å². The van der Waals surface area contributed by atoms with Crippen LogP contribution in [-0.2, 0) is 4.79 Å². The van der Waals surface area contributed by atoms with E-state index in [4.69, 9.17) is 15.2 Å². The summed E-state index contributed by atoms with van der Waals surface area (Å²) in [6.45, 7) is -0.215. The van der Waals surface area contributed by atoms with Gasteiger partial charge in [0.1, 0.15) is 11.5 Å². The zero-order valence-electron chi connectivity index (χ0n) is 12.0. The van der Waals surface area contributed by atoms with E-state index in [1.807, 2.05) is 0 Å². The van der Waals surface area contributed by atoms with E-state index in [0.29, 0.717) is 22.7 Å². The standard InChI is InChI=1S/C16H16N2O4/c1-21-13-6-2-4-11(8-13)16(20)18-12-5-3-7-14(9-12)22-10-15(17)19/h2-9H,10H2,1H3,(H2,17,19)(H,18,20). The molecule has 22 heavy (non-hydrogen) atoms. The Hall–Kier alpha value is -3.02. The first-order valence-corrected chi connectivity index (χ1v) is 6.55. The molecule has 0 saturated heterocycles. The third kappa shape index (κ3) is 4.24. The number of hydrogen-bond acceptors (Lipinski definition) is 4. The fraction of sp³-hybridized carbons (Fsp3) is 0.125. The lowest BCUT2D eigenvalue weighted by molar-refractivity contribution is -0.119. The summed E-state index contributed by atoms with van der Waals surface area (Å²) in [5.41, 5.74) is 6.04. The lowest BCUT2D eigenvalue weighted by atomic mass is 10.2. The maximum Gasteiger partial charge on any atom is 0.255 e. The molecule has 0 spiro atoms. The van der Waals surface area contributed by atoms with E-state index in [1.165, 1.54) is 7.11 Å². The van der Waals surface area contributed by atoms with E-state index in [1.54, 1.807) is 48.5 Å². The van der Waals surface area contributed by atoms with Gasteiger partial charge in [0.05, 0.1) is 7.11 Å². The third-order valence-electron chi connectivity index (χ3n) is 2.80. The summed E-state index contributed by atoms with van der Waals surface area (Å²) in [5.74, 6) is 0.213. The average Bonchev–Trinajstić information content (AvgIpc) is 2.53. The Labute approximate surface area is 127 Å². The molecule has 114 valence electrons. The number of carbonyl (C=O) groups is 2. The Morgan fingerprint density at radius 1 is 1.09 bits per heavy atom. The second-order valence-electron chi connectivity index (χ2n) is 4.47. The van der Waals surface area contributed by atoms with Crippen LogP contribution in [0.4, 0.5) is 5.69 Å². The largest absolute Gasteiger partial charge is 0.497 e. The van der Waals surface area contributed by atoms with Gasteiger partial charge in [0, 0.05) is 17.3 Å². The molecule has 0 radical (unpaired) electrons. The maximum atomic E-state index is 12.2. The highest BCUT2D eigenvalue weighted by atomic mass is 16.5. The Kier molecular flexibility index (Phi) is 4.98. The molecule has 0 saturated carbocycles. The quantitative estimate of drug-likeness (QED) is 0.851. The molecule has 3 N–H and O–H groups in total. The van der Waals surface area contributed by atoms with Crippen LogP contribution >= 0.6 is 0 Å². The van der Waals surface area contributed by atoms with Crippen molar-refractivity contribution in [2.45, 2.75) is 0 Å². The van der Waals surface area contributed by atoms with Crippen molar-refractivity contribution in [3.63, 3.8) is 0 Å². The second kappa shape index (κ2) is 7.12. The van der Waals surface area contributed by atoms with Gasteiger partial charge in [0.2, 0.25) is 0 Å². The number of carbonyl (C=O) groups excluding carboxylic acids is 2. The van der Waals surface area contributed by atoms with Crippen LogP contribution in [0, 0.1) is 0 Å². The van der Waals surface area contributed by atoms with Crippen molar-refractivity contribution in [3.05, 3.63) is 54.1 Å². The summed E-state index contributed by atoms with van der Waals surface area (Å²) in [7, 11) is 1.54. The molecule has 0 heterocycles. The minimum atomic E-state index is -0.564. The first-order chi connectivity index (χ1) is 10.6. The smallest absolute Gasteiger partial charge is 0.255 e. The Bertz CT molecular complexity index is 685. The zero-order chi connectivity index (χ0) is 15.9. The number of ether oxygens (including phenoxy) is 2. The summed E-state index contributed by atoms with van der Waals surface area (Å²) in [6, 6.07) is 13.5. The van der Waals surface area contributed by atoms with Crippen molar-refractivity contribution in [2.24, 2.45) is 5.73 Å². The summed E-state index contributed by atoms with van der Waals surface area (Å²) < 4.78 is 10.3. The van der Waals surface area contributed by atoms with Crippen molar-refractivity contribution in [1.82, 2.24) is 0 Å². The van der Waals surface area contributed by atoms with E-state index in [2.05, 4.69) is 5.32 Å². The number of hydrogen-bond donors (Lipinski definition) is 2. The molecule has 0 aliphatic rings. The SMILES string of the molecule is COc1cccc(C(=O)Nc2cccc(OCC(N)=O)c2)c1. The van der Waals surface area contributed by atoms with Crippen LogP contribution in [0.25, 0.3) is 0 Å². The van der Waals surface area contributed by atoms with Crippen LogP contribution in [0.5, 0.6) is 11.5 Å². The van der Waals surface area contributed by atoms with E-state index < -0.39 is 5.91 Å². The number of primary amides is 1. The molecule has 2 aromatic rings. The molecule has 0 fully saturated rings. The van der Waals surface area contributed by atoms with Crippen LogP contribution < -0.4 is 20.5 Å². The predicted octanol–water partition coefficient (Wildman–Crippen LogP) is 1.81. The second-order valence-corrected chi connectivity index (χ2v) is 4.47. The molecule has 0 bridgehead atoms. The number of anilines is 1. The normalized spacial score (nSPS) is 9.86. The molecule has 0 aromatic heterocycles. The van der Waals surface area contributed by atoms with E-state index in [9.17, 15) is 9.59 Å². The van der Waals surface area contributed by atoms with Gasteiger partial charge in [0.25, 0.3) is 11.8 Å². The highest BCUT2D eigenvalue weighted by molar-refractivity contribution is 6.04. The third-order valence-corrected chi connectivity index (χ3v) is 2.80. The van der Waals surface area contributed by atoms with Gasteiger partial charge in [-0.3, -0.25) is 9.59 Å². The van der Waals surface area contributed by atoms with Gasteiger partial charge in [-0.25, -0.2) is 0 Å². The molecule has 6 heteroatoms. The highest BCUT2D eigenvalue weighted by Gasteiger charge is 2.08. The molecule has 2 aromatic carbocycles. The number of nitrogens with two attached hydrogens (primary N) is 1. The summed E-state index contributed by atoms with van der Waals surface area (Å²) >= 11 is 0. The molecular formula is C16H16N2O4. The Morgan fingerprint density at radius 2 is 1.82 bits per heavy atom. The first kappa shape index (κ1) is 15.4. The lowest BCUT2D eigenvalue weighted by Crippen LogP contribution is -2.20. The van der Waals surface area contributed by atoms with Gasteiger partial charge in [-0.15, -0.1) is 0 Å².